The van der Waals surface area contributed by atoms with E-state index in [4.69, 9.17) is 0 Å². The number of carbonyl (C=O) groups excluding carboxylic acids is 1. The molecule has 0 bridgehead atoms. The first kappa shape index (κ1) is 14.1. The fraction of sp³-hybridized carbons (Fsp3) is 0.167. The molecule has 4 nitrogen and oxygen atoms in total. The van der Waals surface area contributed by atoms with Crippen molar-refractivity contribution in [2.24, 2.45) is 0 Å². The number of fused-ring (bicyclic) bond motifs is 1. The van der Waals surface area contributed by atoms with Gasteiger partial charge in [0.1, 0.15) is 0 Å². The second-order valence-electron chi connectivity index (χ2n) is 5.54. The molecule has 1 aliphatic rings. The Balaban J connectivity index is 1.69. The Morgan fingerprint density at radius 2 is 1.91 bits per heavy atom. The van der Waals surface area contributed by atoms with Crippen LogP contribution in [0.2, 0.25) is 0 Å². The zero-order valence-electron chi connectivity index (χ0n) is 12.6. The Kier molecular flexibility index (Phi) is 3.63. The average Bonchev–Trinajstić information content (AvgIpc) is 3.25. The summed E-state index contributed by atoms with van der Waals surface area (Å²) in [6.45, 7) is 1.52. The fourth-order valence-electron chi connectivity index (χ4n) is 3.12. The summed E-state index contributed by atoms with van der Waals surface area (Å²) in [5.41, 5.74) is 2.29. The number of amides is 2. The van der Waals surface area contributed by atoms with Crippen molar-refractivity contribution in [3.05, 3.63) is 77.4 Å². The predicted octanol–water partition coefficient (Wildman–Crippen LogP) is 4.19. The van der Waals surface area contributed by atoms with E-state index in [1.165, 1.54) is 11.3 Å². The van der Waals surface area contributed by atoms with Crippen LogP contribution in [-0.4, -0.2) is 22.0 Å². The average molecular weight is 323 g/mol. The van der Waals surface area contributed by atoms with Gasteiger partial charge in [0.2, 0.25) is 0 Å². The summed E-state index contributed by atoms with van der Waals surface area (Å²) < 4.78 is 2.23. The molecule has 0 saturated heterocycles. The number of hydrogen-bond acceptors (Lipinski definition) is 2. The van der Waals surface area contributed by atoms with Crippen LogP contribution in [0.5, 0.6) is 0 Å². The van der Waals surface area contributed by atoms with Gasteiger partial charge in [-0.3, -0.25) is 5.32 Å². The lowest BCUT2D eigenvalue weighted by Gasteiger charge is -2.37. The molecule has 0 spiro atoms. The maximum absolute atomic E-state index is 12.8. The minimum Gasteiger partial charge on any atom is -0.348 e. The van der Waals surface area contributed by atoms with Crippen LogP contribution in [0.4, 0.5) is 9.80 Å². The topological polar surface area (TPSA) is 37.3 Å². The molecule has 1 N–H and O–H groups in total. The highest BCUT2D eigenvalue weighted by molar-refractivity contribution is 7.14. The molecule has 116 valence electrons. The van der Waals surface area contributed by atoms with Crippen molar-refractivity contribution in [2.75, 3.05) is 11.9 Å². The quantitative estimate of drug-likeness (QED) is 0.754. The largest absolute Gasteiger partial charge is 0.348 e. The van der Waals surface area contributed by atoms with Gasteiger partial charge in [0.05, 0.1) is 11.0 Å². The molecule has 4 rings (SSSR count). The van der Waals surface area contributed by atoms with E-state index in [2.05, 4.69) is 34.3 Å². The number of hydrogen-bond donors (Lipinski definition) is 1. The first-order valence-electron chi connectivity index (χ1n) is 7.64. The molecular formula is C18H17N3OS. The van der Waals surface area contributed by atoms with Gasteiger partial charge in [-0.15, -0.1) is 11.3 Å². The van der Waals surface area contributed by atoms with E-state index >= 15 is 0 Å². The standard InChI is InChI=1S/C18H17N3OS/c22-18(19-16-9-5-13-23-16)21-12-11-20-10-4-8-15(20)17(21)14-6-2-1-3-7-14/h1-10,13,17H,11-12H2,(H,19,22). The molecule has 2 amide bonds. The molecule has 1 aromatic carbocycles. The third kappa shape index (κ3) is 2.64. The SMILES string of the molecule is O=C(Nc1cccs1)N1CCn2cccc2C1c1ccccc1. The normalized spacial score (nSPS) is 16.9. The van der Waals surface area contributed by atoms with Crippen LogP contribution in [0.15, 0.2) is 66.2 Å². The molecule has 3 heterocycles. The van der Waals surface area contributed by atoms with Gasteiger partial charge in [-0.25, -0.2) is 4.79 Å². The molecule has 0 fully saturated rings. The van der Waals surface area contributed by atoms with Crippen molar-refractivity contribution in [3.8, 4) is 0 Å². The molecular weight excluding hydrogens is 306 g/mol. The summed E-state index contributed by atoms with van der Waals surface area (Å²) in [5.74, 6) is 0. The third-order valence-corrected chi connectivity index (χ3v) is 4.95. The Morgan fingerprint density at radius 3 is 2.70 bits per heavy atom. The molecule has 23 heavy (non-hydrogen) atoms. The van der Waals surface area contributed by atoms with Crippen molar-refractivity contribution < 1.29 is 4.79 Å². The number of nitrogens with one attached hydrogen (secondary N) is 1. The number of urea groups is 1. The molecule has 0 aliphatic carbocycles. The molecule has 5 heteroatoms. The molecule has 2 aromatic heterocycles. The van der Waals surface area contributed by atoms with Crippen LogP contribution in [-0.2, 0) is 6.54 Å². The van der Waals surface area contributed by atoms with E-state index in [-0.39, 0.29) is 12.1 Å². The lowest BCUT2D eigenvalue weighted by atomic mass is 10.0. The van der Waals surface area contributed by atoms with Crippen LogP contribution in [0.1, 0.15) is 17.3 Å². The molecule has 0 radical (unpaired) electrons. The summed E-state index contributed by atoms with van der Waals surface area (Å²) in [7, 11) is 0. The first-order chi connectivity index (χ1) is 11.3. The molecule has 3 aromatic rings. The van der Waals surface area contributed by atoms with Gasteiger partial charge in [-0.05, 0) is 35.2 Å². The number of anilines is 1. The molecule has 1 aliphatic heterocycles. The van der Waals surface area contributed by atoms with Gasteiger partial charge in [0.15, 0.2) is 0 Å². The highest BCUT2D eigenvalue weighted by Crippen LogP contribution is 2.33. The van der Waals surface area contributed by atoms with Gasteiger partial charge in [-0.1, -0.05) is 30.3 Å². The van der Waals surface area contributed by atoms with E-state index in [9.17, 15) is 4.79 Å². The van der Waals surface area contributed by atoms with E-state index in [1.807, 2.05) is 46.7 Å². The summed E-state index contributed by atoms with van der Waals surface area (Å²) in [4.78, 5) is 14.7. The highest BCUT2D eigenvalue weighted by atomic mass is 32.1. The van der Waals surface area contributed by atoms with Crippen molar-refractivity contribution >= 4 is 22.4 Å². The van der Waals surface area contributed by atoms with E-state index in [0.717, 1.165) is 22.8 Å². The van der Waals surface area contributed by atoms with E-state index < -0.39 is 0 Å². The molecule has 1 unspecified atom stereocenters. The third-order valence-electron chi connectivity index (χ3n) is 4.17. The molecule has 0 saturated carbocycles. The first-order valence-corrected chi connectivity index (χ1v) is 8.52. The number of aromatic nitrogens is 1. The second-order valence-corrected chi connectivity index (χ2v) is 6.49. The van der Waals surface area contributed by atoms with Gasteiger partial charge in [0, 0.05) is 25.0 Å². The van der Waals surface area contributed by atoms with Crippen LogP contribution < -0.4 is 5.32 Å². The number of benzene rings is 1. The monoisotopic (exact) mass is 323 g/mol. The Labute approximate surface area is 139 Å². The number of carbonyl (C=O) groups is 1. The lowest BCUT2D eigenvalue weighted by Crippen LogP contribution is -2.44. The van der Waals surface area contributed by atoms with Crippen molar-refractivity contribution in [1.29, 1.82) is 0 Å². The Bertz CT molecular complexity index is 795. The van der Waals surface area contributed by atoms with E-state index in [0.29, 0.717) is 6.54 Å². The Morgan fingerprint density at radius 1 is 1.04 bits per heavy atom. The maximum atomic E-state index is 12.8. The highest BCUT2D eigenvalue weighted by Gasteiger charge is 2.32. The minimum atomic E-state index is -0.0556. The van der Waals surface area contributed by atoms with Crippen molar-refractivity contribution in [2.45, 2.75) is 12.6 Å². The Hall–Kier alpha value is -2.53. The van der Waals surface area contributed by atoms with Crippen molar-refractivity contribution in [3.63, 3.8) is 0 Å². The maximum Gasteiger partial charge on any atom is 0.323 e. The number of rotatable bonds is 2. The summed E-state index contributed by atoms with van der Waals surface area (Å²) in [6.07, 6.45) is 2.08. The smallest absolute Gasteiger partial charge is 0.323 e. The minimum absolute atomic E-state index is 0.0475. The van der Waals surface area contributed by atoms with Crippen LogP contribution in [0, 0.1) is 0 Å². The summed E-state index contributed by atoms with van der Waals surface area (Å²) in [6, 6.07) is 18.1. The van der Waals surface area contributed by atoms with Gasteiger partial charge in [-0.2, -0.15) is 0 Å². The van der Waals surface area contributed by atoms with Gasteiger partial charge in [0.25, 0.3) is 0 Å². The fourth-order valence-corrected chi connectivity index (χ4v) is 3.72. The number of thiophene rings is 1. The zero-order chi connectivity index (χ0) is 15.6. The number of nitrogens with zero attached hydrogens (tertiary/aromatic N) is 2. The predicted molar refractivity (Wildman–Crippen MR) is 92.8 cm³/mol. The summed E-state index contributed by atoms with van der Waals surface area (Å²) in [5, 5.41) is 5.85. The zero-order valence-corrected chi connectivity index (χ0v) is 13.4. The summed E-state index contributed by atoms with van der Waals surface area (Å²) >= 11 is 1.54. The van der Waals surface area contributed by atoms with Gasteiger partial charge < -0.3 is 9.47 Å². The van der Waals surface area contributed by atoms with Crippen LogP contribution in [0.3, 0.4) is 0 Å². The van der Waals surface area contributed by atoms with E-state index in [1.54, 1.807) is 0 Å². The second kappa shape index (κ2) is 5.93. The van der Waals surface area contributed by atoms with Gasteiger partial charge >= 0.3 is 6.03 Å². The molecule has 1 atom stereocenters. The van der Waals surface area contributed by atoms with Crippen LogP contribution >= 0.6 is 11.3 Å². The van der Waals surface area contributed by atoms with Crippen molar-refractivity contribution in [1.82, 2.24) is 9.47 Å². The van der Waals surface area contributed by atoms with Crippen LogP contribution in [0.25, 0.3) is 0 Å². The lowest BCUT2D eigenvalue weighted by molar-refractivity contribution is 0.182.